The van der Waals surface area contributed by atoms with E-state index in [1.165, 1.54) is 0 Å². The molecule has 0 saturated heterocycles. The van der Waals surface area contributed by atoms with Gasteiger partial charge in [0.1, 0.15) is 5.75 Å². The molecule has 8 heteroatoms. The Morgan fingerprint density at radius 1 is 1.35 bits per heavy atom. The van der Waals surface area contributed by atoms with Crippen molar-refractivity contribution < 1.29 is 9.47 Å². The number of halogens is 1. The van der Waals surface area contributed by atoms with Gasteiger partial charge in [-0.1, -0.05) is 15.9 Å². The molecule has 0 aliphatic carbocycles. The monoisotopic (exact) mass is 398 g/mol. The summed E-state index contributed by atoms with van der Waals surface area (Å²) in [5.74, 6) is 0.786. The van der Waals surface area contributed by atoms with Gasteiger partial charge in [0.05, 0.1) is 18.1 Å². The third-order valence-electron chi connectivity index (χ3n) is 2.88. The fourth-order valence-electron chi connectivity index (χ4n) is 1.76. The van der Waals surface area contributed by atoms with E-state index < -0.39 is 0 Å². The van der Waals surface area contributed by atoms with E-state index in [1.807, 2.05) is 30.5 Å². The minimum absolute atomic E-state index is 0.331. The first kappa shape index (κ1) is 17.7. The summed E-state index contributed by atoms with van der Waals surface area (Å²) < 4.78 is 13.3. The summed E-state index contributed by atoms with van der Waals surface area (Å²) in [6.07, 6.45) is 4.44. The van der Waals surface area contributed by atoms with Gasteiger partial charge in [0.2, 0.25) is 0 Å². The summed E-state index contributed by atoms with van der Waals surface area (Å²) in [5.41, 5.74) is 0.814. The van der Waals surface area contributed by atoms with E-state index in [2.05, 4.69) is 31.7 Å². The molecule has 0 aliphatic heterocycles. The van der Waals surface area contributed by atoms with Crippen LogP contribution in [0.2, 0.25) is 0 Å². The Hall–Kier alpha value is -1.64. The molecule has 0 atom stereocenters. The lowest BCUT2D eigenvalue weighted by Gasteiger charge is -2.08. The molecule has 0 fully saturated rings. The second-order valence-corrected chi connectivity index (χ2v) is 6.05. The normalized spacial score (nSPS) is 10.3. The summed E-state index contributed by atoms with van der Waals surface area (Å²) in [6, 6.07) is 7.65. The van der Waals surface area contributed by atoms with Gasteiger partial charge in [-0.2, -0.15) is 5.10 Å². The number of nitrogens with zero attached hydrogens (tertiary/aromatic N) is 2. The smallest absolute Gasteiger partial charge is 0.180 e. The van der Waals surface area contributed by atoms with Crippen molar-refractivity contribution in [2.75, 3.05) is 25.6 Å². The number of hydrogen-bond acceptors (Lipinski definition) is 4. The van der Waals surface area contributed by atoms with Gasteiger partial charge in [-0.15, -0.1) is 0 Å². The van der Waals surface area contributed by atoms with Crippen molar-refractivity contribution in [2.24, 2.45) is 0 Å². The highest BCUT2D eigenvalue weighted by atomic mass is 79.9. The maximum Gasteiger partial charge on any atom is 0.180 e. The van der Waals surface area contributed by atoms with E-state index in [9.17, 15) is 0 Å². The van der Waals surface area contributed by atoms with Crippen LogP contribution in [0.1, 0.15) is 6.42 Å². The molecule has 1 aromatic carbocycles. The lowest BCUT2D eigenvalue weighted by molar-refractivity contribution is 0.196. The topological polar surface area (TPSA) is 60.3 Å². The minimum Gasteiger partial charge on any atom is -0.471 e. The zero-order valence-corrected chi connectivity index (χ0v) is 15.2. The highest BCUT2D eigenvalue weighted by molar-refractivity contribution is 9.10. The van der Waals surface area contributed by atoms with Crippen LogP contribution >= 0.6 is 28.1 Å². The van der Waals surface area contributed by atoms with E-state index >= 15 is 0 Å². The number of anilines is 1. The second-order valence-electron chi connectivity index (χ2n) is 4.72. The third-order valence-corrected chi connectivity index (χ3v) is 3.65. The molecule has 0 spiro atoms. The van der Waals surface area contributed by atoms with Crippen molar-refractivity contribution in [1.29, 1.82) is 0 Å². The maximum absolute atomic E-state index is 5.65. The molecule has 0 amide bonds. The van der Waals surface area contributed by atoms with Crippen molar-refractivity contribution in [3.05, 3.63) is 41.1 Å². The Balaban J connectivity index is 1.74. The summed E-state index contributed by atoms with van der Waals surface area (Å²) in [4.78, 5) is 0. The number of thiocarbonyl (C=S) groups is 1. The van der Waals surface area contributed by atoms with Gasteiger partial charge < -0.3 is 20.1 Å². The molecule has 0 unspecified atom stereocenters. The molecule has 0 radical (unpaired) electrons. The standard InChI is InChI=1S/C15H19BrN4O2S/c1-21-8-2-7-17-15(23)19-13-9-18-20(10-13)11-22-14-5-3-12(16)4-6-14/h3-6,9-10H,2,7-8,11H2,1H3,(H2,17,19,23). The number of nitrogens with one attached hydrogen (secondary N) is 2. The highest BCUT2D eigenvalue weighted by Gasteiger charge is 2.02. The van der Waals surface area contributed by atoms with Crippen molar-refractivity contribution in [3.8, 4) is 5.75 Å². The van der Waals surface area contributed by atoms with Crippen LogP contribution in [-0.4, -0.2) is 35.2 Å². The van der Waals surface area contributed by atoms with Gasteiger partial charge in [0, 0.05) is 24.7 Å². The molecular weight excluding hydrogens is 380 g/mol. The van der Waals surface area contributed by atoms with Gasteiger partial charge in [-0.25, -0.2) is 4.68 Å². The number of rotatable bonds is 8. The van der Waals surface area contributed by atoms with Gasteiger partial charge in [0.15, 0.2) is 11.8 Å². The predicted molar refractivity (Wildman–Crippen MR) is 97.7 cm³/mol. The molecule has 6 nitrogen and oxygen atoms in total. The molecule has 124 valence electrons. The summed E-state index contributed by atoms with van der Waals surface area (Å²) in [6.45, 7) is 1.80. The maximum atomic E-state index is 5.65. The fourth-order valence-corrected chi connectivity index (χ4v) is 2.25. The minimum atomic E-state index is 0.331. The molecule has 0 aliphatic rings. The number of methoxy groups -OCH3 is 1. The Morgan fingerprint density at radius 3 is 2.87 bits per heavy atom. The van der Waals surface area contributed by atoms with E-state index in [0.29, 0.717) is 18.5 Å². The molecular formula is C15H19BrN4O2S. The summed E-state index contributed by atoms with van der Waals surface area (Å²) in [5, 5.41) is 11.0. The first-order valence-electron chi connectivity index (χ1n) is 7.12. The van der Waals surface area contributed by atoms with E-state index in [4.69, 9.17) is 21.7 Å². The third kappa shape index (κ3) is 6.55. The quantitative estimate of drug-likeness (QED) is 0.526. The summed E-state index contributed by atoms with van der Waals surface area (Å²) >= 11 is 8.60. The summed E-state index contributed by atoms with van der Waals surface area (Å²) in [7, 11) is 1.68. The number of hydrogen-bond donors (Lipinski definition) is 2. The molecule has 0 saturated carbocycles. The van der Waals surface area contributed by atoms with Gasteiger partial charge in [-0.05, 0) is 42.9 Å². The lowest BCUT2D eigenvalue weighted by atomic mass is 10.3. The Bertz CT molecular complexity index is 618. The zero-order valence-electron chi connectivity index (χ0n) is 12.8. The van der Waals surface area contributed by atoms with Crippen LogP contribution in [0.3, 0.4) is 0 Å². The van der Waals surface area contributed by atoms with Crippen LogP contribution in [0, 0.1) is 0 Å². The van der Waals surface area contributed by atoms with Crippen molar-refractivity contribution >= 4 is 38.9 Å². The van der Waals surface area contributed by atoms with Crippen molar-refractivity contribution in [1.82, 2.24) is 15.1 Å². The molecule has 0 bridgehead atoms. The van der Waals surface area contributed by atoms with E-state index in [0.717, 1.165) is 28.9 Å². The largest absolute Gasteiger partial charge is 0.471 e. The molecule has 2 rings (SSSR count). The van der Waals surface area contributed by atoms with Crippen LogP contribution in [0.4, 0.5) is 5.69 Å². The van der Waals surface area contributed by atoms with Crippen LogP contribution in [0.5, 0.6) is 5.75 Å². The molecule has 1 aromatic heterocycles. The Kier molecular flexibility index (Phi) is 7.31. The Labute approximate surface area is 149 Å². The number of ether oxygens (including phenoxy) is 2. The first-order valence-corrected chi connectivity index (χ1v) is 8.32. The highest BCUT2D eigenvalue weighted by Crippen LogP contribution is 2.16. The second kappa shape index (κ2) is 9.49. The van der Waals surface area contributed by atoms with Crippen LogP contribution in [0.15, 0.2) is 41.1 Å². The zero-order chi connectivity index (χ0) is 16.5. The number of benzene rings is 1. The van der Waals surface area contributed by atoms with Crippen LogP contribution in [0.25, 0.3) is 0 Å². The van der Waals surface area contributed by atoms with E-state index in [-0.39, 0.29) is 0 Å². The first-order chi connectivity index (χ1) is 11.2. The molecule has 1 heterocycles. The molecule has 2 aromatic rings. The van der Waals surface area contributed by atoms with Gasteiger partial charge in [-0.3, -0.25) is 0 Å². The van der Waals surface area contributed by atoms with Gasteiger partial charge in [0.25, 0.3) is 0 Å². The molecule has 23 heavy (non-hydrogen) atoms. The SMILES string of the molecule is COCCCNC(=S)Nc1cnn(COc2ccc(Br)cc2)c1. The van der Waals surface area contributed by atoms with Gasteiger partial charge >= 0.3 is 0 Å². The lowest BCUT2D eigenvalue weighted by Crippen LogP contribution is -2.29. The van der Waals surface area contributed by atoms with Crippen LogP contribution < -0.4 is 15.4 Å². The predicted octanol–water partition coefficient (Wildman–Crippen LogP) is 3.01. The molecule has 2 N–H and O–H groups in total. The fraction of sp³-hybridized carbons (Fsp3) is 0.333. The van der Waals surface area contributed by atoms with Crippen molar-refractivity contribution in [3.63, 3.8) is 0 Å². The van der Waals surface area contributed by atoms with Crippen LogP contribution in [-0.2, 0) is 11.5 Å². The van der Waals surface area contributed by atoms with E-state index in [1.54, 1.807) is 18.0 Å². The number of aromatic nitrogens is 2. The Morgan fingerprint density at radius 2 is 2.13 bits per heavy atom. The average molecular weight is 399 g/mol. The average Bonchev–Trinajstić information content (AvgIpc) is 2.98. The van der Waals surface area contributed by atoms with Crippen molar-refractivity contribution in [2.45, 2.75) is 13.2 Å².